The number of nitrogens with one attached hydrogen (secondary N) is 2. The lowest BCUT2D eigenvalue weighted by atomic mass is 10.2. The zero-order valence-corrected chi connectivity index (χ0v) is 14.1. The van der Waals surface area contributed by atoms with Crippen LogP contribution in [0.2, 0.25) is 5.02 Å². The van der Waals surface area contributed by atoms with E-state index in [1.807, 2.05) is 6.07 Å². The summed E-state index contributed by atoms with van der Waals surface area (Å²) in [6.07, 6.45) is -0.875. The number of benzene rings is 2. The van der Waals surface area contributed by atoms with Crippen molar-refractivity contribution in [3.8, 4) is 11.5 Å². The number of para-hydroxylation sites is 2. The summed E-state index contributed by atoms with van der Waals surface area (Å²) in [4.78, 5) is 24.3. The number of hydrogen-bond donors (Lipinski definition) is 2. The lowest BCUT2D eigenvalue weighted by molar-refractivity contribution is -0.131. The molecule has 0 saturated carbocycles. The normalized spacial score (nSPS) is 15.5. The van der Waals surface area contributed by atoms with Crippen LogP contribution >= 0.6 is 11.6 Å². The number of halogens is 1. The zero-order valence-electron chi connectivity index (χ0n) is 13.3. The molecule has 0 bridgehead atoms. The van der Waals surface area contributed by atoms with Crippen LogP contribution in [0.1, 0.15) is 10.6 Å². The van der Waals surface area contributed by atoms with Crippen molar-refractivity contribution in [1.82, 2.24) is 10.9 Å². The topological polar surface area (TPSA) is 89.8 Å². The molecule has 0 aliphatic carbocycles. The Morgan fingerprint density at radius 2 is 1.85 bits per heavy atom. The minimum Gasteiger partial charge on any atom is -0.485 e. The molecule has 0 spiro atoms. The van der Waals surface area contributed by atoms with Crippen LogP contribution in [0.5, 0.6) is 11.5 Å². The van der Waals surface area contributed by atoms with Crippen LogP contribution in [0.3, 0.4) is 0 Å². The molecule has 1 aromatic heterocycles. The van der Waals surface area contributed by atoms with E-state index in [2.05, 4.69) is 10.9 Å². The highest BCUT2D eigenvalue weighted by Crippen LogP contribution is 2.30. The first-order valence-electron chi connectivity index (χ1n) is 7.78. The molecule has 4 rings (SSSR count). The van der Waals surface area contributed by atoms with Gasteiger partial charge < -0.3 is 13.9 Å². The number of rotatable bonds is 2. The van der Waals surface area contributed by atoms with Gasteiger partial charge in [-0.05, 0) is 36.4 Å². The van der Waals surface area contributed by atoms with E-state index < -0.39 is 17.9 Å². The number of fused-ring (bicyclic) bond motifs is 2. The standard InChI is InChI=1S/C18H13ClN2O5/c19-11-5-6-12-10(7-11)8-15(25-12)17(22)20-21-18(23)16-9-24-13-3-1-2-4-14(13)26-16/h1-8,16H,9H2,(H,20,22)(H,21,23). The fourth-order valence-electron chi connectivity index (χ4n) is 2.54. The first kappa shape index (κ1) is 16.3. The fraction of sp³-hybridized carbons (Fsp3) is 0.111. The number of carbonyl (C=O) groups is 2. The van der Waals surface area contributed by atoms with Crippen molar-refractivity contribution in [3.63, 3.8) is 0 Å². The highest BCUT2D eigenvalue weighted by Gasteiger charge is 2.27. The van der Waals surface area contributed by atoms with Gasteiger partial charge in [-0.25, -0.2) is 0 Å². The number of furan rings is 1. The Morgan fingerprint density at radius 3 is 2.69 bits per heavy atom. The molecule has 2 N–H and O–H groups in total. The Hall–Kier alpha value is -3.19. The van der Waals surface area contributed by atoms with Crippen LogP contribution in [-0.2, 0) is 4.79 Å². The molecule has 1 aliphatic heterocycles. The van der Waals surface area contributed by atoms with Gasteiger partial charge in [0.15, 0.2) is 17.3 Å². The molecule has 1 unspecified atom stereocenters. The minimum absolute atomic E-state index is 0.0435. The van der Waals surface area contributed by atoms with Gasteiger partial charge in [-0.1, -0.05) is 23.7 Å². The van der Waals surface area contributed by atoms with Crippen molar-refractivity contribution < 1.29 is 23.5 Å². The van der Waals surface area contributed by atoms with E-state index in [4.69, 9.17) is 25.5 Å². The third kappa shape index (κ3) is 3.16. The summed E-state index contributed by atoms with van der Waals surface area (Å²) < 4.78 is 16.5. The Kier molecular flexibility index (Phi) is 4.14. The predicted octanol–water partition coefficient (Wildman–Crippen LogP) is 2.69. The van der Waals surface area contributed by atoms with Gasteiger partial charge in [0.05, 0.1) is 0 Å². The number of amides is 2. The molecule has 3 aromatic rings. The molecule has 2 amide bonds. The lowest BCUT2D eigenvalue weighted by Crippen LogP contribution is -2.50. The Labute approximate surface area is 152 Å². The van der Waals surface area contributed by atoms with E-state index in [-0.39, 0.29) is 12.4 Å². The third-order valence-electron chi connectivity index (χ3n) is 3.80. The number of hydrogen-bond acceptors (Lipinski definition) is 5. The van der Waals surface area contributed by atoms with Gasteiger partial charge in [-0.3, -0.25) is 20.4 Å². The lowest BCUT2D eigenvalue weighted by Gasteiger charge is -2.25. The summed E-state index contributed by atoms with van der Waals surface area (Å²) in [6.45, 7) is 0.0435. The molecule has 132 valence electrons. The molecule has 7 nitrogen and oxygen atoms in total. The largest absolute Gasteiger partial charge is 0.485 e. The van der Waals surface area contributed by atoms with Gasteiger partial charge in [0.1, 0.15) is 12.2 Å². The molecule has 1 aliphatic rings. The molecular weight excluding hydrogens is 360 g/mol. The Morgan fingerprint density at radius 1 is 1.04 bits per heavy atom. The zero-order chi connectivity index (χ0) is 18.1. The van der Waals surface area contributed by atoms with E-state index in [0.29, 0.717) is 27.5 Å². The van der Waals surface area contributed by atoms with E-state index in [9.17, 15) is 9.59 Å². The summed E-state index contributed by atoms with van der Waals surface area (Å²) >= 11 is 5.91. The first-order valence-corrected chi connectivity index (χ1v) is 8.16. The maximum absolute atomic E-state index is 12.2. The second-order valence-electron chi connectivity index (χ2n) is 5.60. The van der Waals surface area contributed by atoms with Crippen molar-refractivity contribution in [1.29, 1.82) is 0 Å². The summed E-state index contributed by atoms with van der Waals surface area (Å²) in [6, 6.07) is 13.6. The molecule has 2 aromatic carbocycles. The van der Waals surface area contributed by atoms with Gasteiger partial charge in [0, 0.05) is 10.4 Å². The van der Waals surface area contributed by atoms with Crippen molar-refractivity contribution in [2.24, 2.45) is 0 Å². The average Bonchev–Trinajstić information content (AvgIpc) is 3.08. The van der Waals surface area contributed by atoms with E-state index >= 15 is 0 Å². The summed E-state index contributed by atoms with van der Waals surface area (Å²) in [5.41, 5.74) is 5.12. The second kappa shape index (κ2) is 6.61. The fourth-order valence-corrected chi connectivity index (χ4v) is 2.72. The molecule has 8 heteroatoms. The molecule has 26 heavy (non-hydrogen) atoms. The number of ether oxygens (including phenoxy) is 2. The van der Waals surface area contributed by atoms with E-state index in [1.54, 1.807) is 42.5 Å². The molecular formula is C18H13ClN2O5. The minimum atomic E-state index is -0.875. The van der Waals surface area contributed by atoms with Gasteiger partial charge in [-0.15, -0.1) is 0 Å². The third-order valence-corrected chi connectivity index (χ3v) is 4.04. The van der Waals surface area contributed by atoms with Gasteiger partial charge in [-0.2, -0.15) is 0 Å². The molecule has 1 atom stereocenters. The Bertz CT molecular complexity index is 1000. The van der Waals surface area contributed by atoms with E-state index in [1.165, 1.54) is 0 Å². The van der Waals surface area contributed by atoms with Crippen LogP contribution < -0.4 is 20.3 Å². The maximum Gasteiger partial charge on any atom is 0.305 e. The summed E-state index contributed by atoms with van der Waals surface area (Å²) in [5.74, 6) is -0.0376. The van der Waals surface area contributed by atoms with Crippen molar-refractivity contribution in [3.05, 3.63) is 59.3 Å². The Balaban J connectivity index is 1.38. The molecule has 0 fully saturated rings. The van der Waals surface area contributed by atoms with E-state index in [0.717, 1.165) is 0 Å². The highest BCUT2D eigenvalue weighted by atomic mass is 35.5. The molecule has 2 heterocycles. The monoisotopic (exact) mass is 372 g/mol. The predicted molar refractivity (Wildman–Crippen MR) is 93.2 cm³/mol. The SMILES string of the molecule is O=C(NNC(=O)C1COc2ccccc2O1)c1cc2cc(Cl)ccc2o1. The maximum atomic E-state index is 12.2. The highest BCUT2D eigenvalue weighted by molar-refractivity contribution is 6.31. The van der Waals surface area contributed by atoms with Gasteiger partial charge in [0.25, 0.3) is 5.91 Å². The van der Waals surface area contributed by atoms with Crippen molar-refractivity contribution in [2.45, 2.75) is 6.10 Å². The number of carbonyl (C=O) groups excluding carboxylic acids is 2. The molecule has 0 saturated heterocycles. The summed E-state index contributed by atoms with van der Waals surface area (Å²) in [5, 5.41) is 1.22. The first-order chi connectivity index (χ1) is 12.6. The van der Waals surface area contributed by atoms with Crippen LogP contribution in [0.25, 0.3) is 11.0 Å². The summed E-state index contributed by atoms with van der Waals surface area (Å²) in [7, 11) is 0. The van der Waals surface area contributed by atoms with Crippen molar-refractivity contribution >= 4 is 34.4 Å². The van der Waals surface area contributed by atoms with Crippen molar-refractivity contribution in [2.75, 3.05) is 6.61 Å². The second-order valence-corrected chi connectivity index (χ2v) is 6.04. The van der Waals surface area contributed by atoms with Crippen LogP contribution in [0.4, 0.5) is 0 Å². The van der Waals surface area contributed by atoms with Crippen LogP contribution in [0, 0.1) is 0 Å². The van der Waals surface area contributed by atoms with Gasteiger partial charge >= 0.3 is 5.91 Å². The average molecular weight is 373 g/mol. The quantitative estimate of drug-likeness (QED) is 0.675. The smallest absolute Gasteiger partial charge is 0.305 e. The van der Waals surface area contributed by atoms with Crippen LogP contribution in [-0.4, -0.2) is 24.5 Å². The van der Waals surface area contributed by atoms with Gasteiger partial charge in [0.2, 0.25) is 6.10 Å². The van der Waals surface area contributed by atoms with Crippen LogP contribution in [0.15, 0.2) is 52.9 Å². The number of hydrazine groups is 1. The molecule has 0 radical (unpaired) electrons.